The second kappa shape index (κ2) is 4.84. The molecule has 0 bridgehead atoms. The van der Waals surface area contributed by atoms with Crippen LogP contribution in [-0.2, 0) is 11.3 Å². The van der Waals surface area contributed by atoms with E-state index in [-0.39, 0.29) is 5.91 Å². The number of amides is 1. The van der Waals surface area contributed by atoms with Crippen molar-refractivity contribution < 1.29 is 4.79 Å². The molecular weight excluding hydrogens is 214 g/mol. The molecule has 4 nitrogen and oxygen atoms in total. The maximum Gasteiger partial charge on any atom is 0.240 e. The molecule has 0 aromatic carbocycles. The number of nitrogens with one attached hydrogen (secondary N) is 2. The van der Waals surface area contributed by atoms with Gasteiger partial charge in [0.05, 0.1) is 5.54 Å². The molecule has 0 spiro atoms. The average molecular weight is 233 g/mol. The van der Waals surface area contributed by atoms with Crippen molar-refractivity contribution in [3.05, 3.63) is 29.6 Å². The van der Waals surface area contributed by atoms with Crippen LogP contribution in [0.1, 0.15) is 31.0 Å². The van der Waals surface area contributed by atoms with Crippen LogP contribution >= 0.6 is 0 Å². The van der Waals surface area contributed by atoms with Gasteiger partial charge in [-0.3, -0.25) is 9.78 Å². The van der Waals surface area contributed by atoms with Crippen molar-refractivity contribution in [1.29, 1.82) is 0 Å². The molecule has 1 amide bonds. The molecule has 1 atom stereocenters. The zero-order valence-electron chi connectivity index (χ0n) is 10.4. The second-order valence-corrected chi connectivity index (χ2v) is 4.85. The minimum atomic E-state index is -0.391. The lowest BCUT2D eigenvalue weighted by atomic mass is 9.99. The number of rotatable bonds is 3. The smallest absolute Gasteiger partial charge is 0.240 e. The van der Waals surface area contributed by atoms with E-state index in [0.717, 1.165) is 30.6 Å². The van der Waals surface area contributed by atoms with Crippen molar-refractivity contribution in [1.82, 2.24) is 15.6 Å². The Kier molecular flexibility index (Phi) is 3.43. The highest BCUT2D eigenvalue weighted by Crippen LogP contribution is 2.18. The van der Waals surface area contributed by atoms with Gasteiger partial charge in [-0.05, 0) is 44.9 Å². The Bertz CT molecular complexity index is 394. The van der Waals surface area contributed by atoms with Crippen LogP contribution in [0.2, 0.25) is 0 Å². The first-order valence-corrected chi connectivity index (χ1v) is 6.05. The van der Waals surface area contributed by atoms with E-state index in [4.69, 9.17) is 0 Å². The van der Waals surface area contributed by atoms with E-state index in [1.165, 1.54) is 0 Å². The van der Waals surface area contributed by atoms with Crippen LogP contribution in [0, 0.1) is 6.92 Å². The summed E-state index contributed by atoms with van der Waals surface area (Å²) in [6.07, 6.45) is 3.78. The number of hydrogen-bond donors (Lipinski definition) is 2. The third kappa shape index (κ3) is 2.82. The molecule has 17 heavy (non-hydrogen) atoms. The fraction of sp³-hybridized carbons (Fsp3) is 0.538. The van der Waals surface area contributed by atoms with Gasteiger partial charge in [-0.2, -0.15) is 0 Å². The molecule has 0 radical (unpaired) electrons. The van der Waals surface area contributed by atoms with Crippen molar-refractivity contribution in [2.24, 2.45) is 0 Å². The molecule has 2 heterocycles. The second-order valence-electron chi connectivity index (χ2n) is 4.85. The Morgan fingerprint density at radius 1 is 1.59 bits per heavy atom. The van der Waals surface area contributed by atoms with E-state index in [2.05, 4.69) is 15.6 Å². The Hall–Kier alpha value is -1.42. The number of hydrogen-bond acceptors (Lipinski definition) is 3. The first-order chi connectivity index (χ1) is 8.10. The lowest BCUT2D eigenvalue weighted by Crippen LogP contribution is -2.50. The molecule has 1 aromatic heterocycles. The molecule has 0 aliphatic carbocycles. The van der Waals surface area contributed by atoms with Crippen molar-refractivity contribution >= 4 is 5.91 Å². The van der Waals surface area contributed by atoms with Crippen molar-refractivity contribution in [3.63, 3.8) is 0 Å². The average Bonchev–Trinajstić information content (AvgIpc) is 2.76. The molecule has 92 valence electrons. The quantitative estimate of drug-likeness (QED) is 0.823. The highest BCUT2D eigenvalue weighted by atomic mass is 16.2. The predicted octanol–water partition coefficient (Wildman–Crippen LogP) is 1.15. The van der Waals surface area contributed by atoms with E-state index in [9.17, 15) is 4.79 Å². The molecule has 0 saturated carbocycles. The summed E-state index contributed by atoms with van der Waals surface area (Å²) >= 11 is 0. The summed E-state index contributed by atoms with van der Waals surface area (Å²) < 4.78 is 0. The molecule has 2 N–H and O–H groups in total. The van der Waals surface area contributed by atoms with Gasteiger partial charge in [0.2, 0.25) is 5.91 Å². The summed E-state index contributed by atoms with van der Waals surface area (Å²) in [4.78, 5) is 16.2. The molecule has 1 aromatic rings. The van der Waals surface area contributed by atoms with Gasteiger partial charge in [0.25, 0.3) is 0 Å². The zero-order valence-corrected chi connectivity index (χ0v) is 10.4. The van der Waals surface area contributed by atoms with Gasteiger partial charge < -0.3 is 10.6 Å². The molecule has 1 aliphatic rings. The van der Waals surface area contributed by atoms with Crippen molar-refractivity contribution in [3.8, 4) is 0 Å². The van der Waals surface area contributed by atoms with Gasteiger partial charge in [-0.1, -0.05) is 6.07 Å². The molecule has 1 saturated heterocycles. The number of nitrogens with zero attached hydrogens (tertiary/aromatic N) is 1. The summed E-state index contributed by atoms with van der Waals surface area (Å²) in [6.45, 7) is 5.38. The lowest BCUT2D eigenvalue weighted by Gasteiger charge is -2.23. The van der Waals surface area contributed by atoms with Crippen LogP contribution in [0.5, 0.6) is 0 Å². The van der Waals surface area contributed by atoms with Crippen molar-refractivity contribution in [2.45, 2.75) is 38.8 Å². The molecule has 2 rings (SSSR count). The standard InChI is InChI=1S/C13H19N3O/c1-10-4-5-11(8-14-10)9-15-12(17)13(2)6-3-7-16-13/h4-5,8,16H,3,6-7,9H2,1-2H3,(H,15,17). The van der Waals surface area contributed by atoms with Crippen molar-refractivity contribution in [2.75, 3.05) is 6.54 Å². The van der Waals surface area contributed by atoms with Gasteiger partial charge in [0.1, 0.15) is 0 Å². The van der Waals surface area contributed by atoms with Crippen LogP contribution < -0.4 is 10.6 Å². The van der Waals surface area contributed by atoms with Crippen LogP contribution in [0.4, 0.5) is 0 Å². The van der Waals surface area contributed by atoms with Gasteiger partial charge in [0.15, 0.2) is 0 Å². The van der Waals surface area contributed by atoms with Crippen LogP contribution in [-0.4, -0.2) is 23.0 Å². The number of pyridine rings is 1. The van der Waals surface area contributed by atoms with Gasteiger partial charge in [-0.15, -0.1) is 0 Å². The van der Waals surface area contributed by atoms with E-state index >= 15 is 0 Å². The first-order valence-electron chi connectivity index (χ1n) is 6.05. The molecule has 4 heteroatoms. The normalized spacial score (nSPS) is 23.6. The molecule has 1 unspecified atom stereocenters. The van der Waals surface area contributed by atoms with E-state index in [0.29, 0.717) is 6.54 Å². The van der Waals surface area contributed by atoms with Gasteiger partial charge in [-0.25, -0.2) is 0 Å². The fourth-order valence-electron chi connectivity index (χ4n) is 2.07. The van der Waals surface area contributed by atoms with E-state index < -0.39 is 5.54 Å². The third-order valence-electron chi connectivity index (χ3n) is 3.30. The number of carbonyl (C=O) groups is 1. The monoisotopic (exact) mass is 233 g/mol. The van der Waals surface area contributed by atoms with Gasteiger partial charge in [0, 0.05) is 18.4 Å². The lowest BCUT2D eigenvalue weighted by molar-refractivity contribution is -0.126. The van der Waals surface area contributed by atoms with Crippen LogP contribution in [0.25, 0.3) is 0 Å². The van der Waals surface area contributed by atoms with E-state index in [1.807, 2.05) is 26.0 Å². The maximum absolute atomic E-state index is 12.0. The summed E-state index contributed by atoms with van der Waals surface area (Å²) in [5, 5.41) is 6.21. The minimum absolute atomic E-state index is 0.0792. The third-order valence-corrected chi connectivity index (χ3v) is 3.30. The minimum Gasteiger partial charge on any atom is -0.350 e. The fourth-order valence-corrected chi connectivity index (χ4v) is 2.07. The van der Waals surface area contributed by atoms with Crippen LogP contribution in [0.15, 0.2) is 18.3 Å². The number of carbonyl (C=O) groups excluding carboxylic acids is 1. The van der Waals surface area contributed by atoms with Crippen LogP contribution in [0.3, 0.4) is 0 Å². The SMILES string of the molecule is Cc1ccc(CNC(=O)C2(C)CCCN2)cn1. The largest absolute Gasteiger partial charge is 0.350 e. The number of aryl methyl sites for hydroxylation is 1. The Morgan fingerprint density at radius 3 is 3.00 bits per heavy atom. The number of aromatic nitrogens is 1. The molecule has 1 fully saturated rings. The topological polar surface area (TPSA) is 54.0 Å². The summed E-state index contributed by atoms with van der Waals surface area (Å²) in [5.41, 5.74) is 1.63. The summed E-state index contributed by atoms with van der Waals surface area (Å²) in [6, 6.07) is 3.95. The molecular formula is C13H19N3O. The highest BCUT2D eigenvalue weighted by molar-refractivity contribution is 5.86. The Morgan fingerprint density at radius 2 is 2.41 bits per heavy atom. The first kappa shape index (κ1) is 12.0. The summed E-state index contributed by atoms with van der Waals surface area (Å²) in [7, 11) is 0. The predicted molar refractivity (Wildman–Crippen MR) is 66.5 cm³/mol. The maximum atomic E-state index is 12.0. The Balaban J connectivity index is 1.89. The molecule has 1 aliphatic heterocycles. The summed E-state index contributed by atoms with van der Waals surface area (Å²) in [5.74, 6) is 0.0792. The van der Waals surface area contributed by atoms with E-state index in [1.54, 1.807) is 6.20 Å². The Labute approximate surface area is 102 Å². The van der Waals surface area contributed by atoms with Gasteiger partial charge >= 0.3 is 0 Å². The highest BCUT2D eigenvalue weighted by Gasteiger charge is 2.35. The zero-order chi connectivity index (χ0) is 12.3.